The molecule has 1 aromatic rings. The highest BCUT2D eigenvalue weighted by molar-refractivity contribution is 5.30. The lowest BCUT2D eigenvalue weighted by atomic mass is 9.85. The molecule has 1 fully saturated rings. The minimum atomic E-state index is 0.232. The monoisotopic (exact) mass is 247 g/mol. The van der Waals surface area contributed by atoms with Crippen molar-refractivity contribution in [2.45, 2.75) is 51.6 Å². The van der Waals surface area contributed by atoms with Crippen molar-refractivity contribution in [3.8, 4) is 5.75 Å². The van der Waals surface area contributed by atoms with E-state index in [4.69, 9.17) is 10.5 Å². The predicted molar refractivity (Wildman–Crippen MR) is 76.0 cm³/mol. The number of benzene rings is 1. The molecular formula is C16H25NO. The van der Waals surface area contributed by atoms with Gasteiger partial charge < -0.3 is 10.5 Å². The fourth-order valence-corrected chi connectivity index (χ4v) is 3.03. The first-order chi connectivity index (χ1) is 8.70. The molecule has 100 valence electrons. The zero-order valence-corrected chi connectivity index (χ0v) is 11.6. The molecule has 2 heteroatoms. The topological polar surface area (TPSA) is 35.2 Å². The molecule has 0 radical (unpaired) electrons. The van der Waals surface area contributed by atoms with Gasteiger partial charge in [0.25, 0.3) is 0 Å². The molecule has 0 heterocycles. The minimum Gasteiger partial charge on any atom is -0.491 e. The van der Waals surface area contributed by atoms with Crippen LogP contribution in [-0.4, -0.2) is 12.6 Å². The van der Waals surface area contributed by atoms with Gasteiger partial charge >= 0.3 is 0 Å². The molecule has 1 aliphatic rings. The van der Waals surface area contributed by atoms with Crippen LogP contribution in [-0.2, 0) is 0 Å². The fourth-order valence-electron chi connectivity index (χ4n) is 3.03. The summed E-state index contributed by atoms with van der Waals surface area (Å²) in [7, 11) is 0. The molecule has 1 unspecified atom stereocenters. The average Bonchev–Trinajstić information content (AvgIpc) is 2.85. The number of hydrogen-bond acceptors (Lipinski definition) is 2. The van der Waals surface area contributed by atoms with E-state index < -0.39 is 0 Å². The normalized spacial score (nSPS) is 18.2. The summed E-state index contributed by atoms with van der Waals surface area (Å²) >= 11 is 0. The molecular weight excluding hydrogens is 222 g/mol. The van der Waals surface area contributed by atoms with Crippen molar-refractivity contribution in [3.05, 3.63) is 29.8 Å². The highest BCUT2D eigenvalue weighted by Gasteiger charge is 2.25. The van der Waals surface area contributed by atoms with Crippen LogP contribution in [0.5, 0.6) is 5.75 Å². The van der Waals surface area contributed by atoms with E-state index in [9.17, 15) is 0 Å². The van der Waals surface area contributed by atoms with Crippen molar-refractivity contribution in [1.82, 2.24) is 0 Å². The molecule has 1 aliphatic carbocycles. The standard InChI is InChI=1S/C16H25NO/c1-12(2)18-15-9-7-14(8-10-15)16(11-17)13-5-3-4-6-13/h7-10,12-13,16H,3-6,11,17H2,1-2H3. The molecule has 0 amide bonds. The summed E-state index contributed by atoms with van der Waals surface area (Å²) in [5.41, 5.74) is 7.35. The second-order valence-corrected chi connectivity index (χ2v) is 5.62. The molecule has 1 aromatic carbocycles. The fraction of sp³-hybridized carbons (Fsp3) is 0.625. The van der Waals surface area contributed by atoms with E-state index in [1.54, 1.807) is 0 Å². The Morgan fingerprint density at radius 3 is 2.28 bits per heavy atom. The largest absolute Gasteiger partial charge is 0.491 e. The van der Waals surface area contributed by atoms with Crippen LogP contribution in [0.3, 0.4) is 0 Å². The Hall–Kier alpha value is -1.02. The van der Waals surface area contributed by atoms with Gasteiger partial charge in [-0.15, -0.1) is 0 Å². The summed E-state index contributed by atoms with van der Waals surface area (Å²) < 4.78 is 5.68. The van der Waals surface area contributed by atoms with Crippen LogP contribution in [0.2, 0.25) is 0 Å². The van der Waals surface area contributed by atoms with Crippen molar-refractivity contribution in [3.63, 3.8) is 0 Å². The van der Waals surface area contributed by atoms with Gasteiger partial charge in [-0.3, -0.25) is 0 Å². The summed E-state index contributed by atoms with van der Waals surface area (Å²) in [6, 6.07) is 8.53. The highest BCUT2D eigenvalue weighted by Crippen LogP contribution is 2.37. The zero-order chi connectivity index (χ0) is 13.0. The molecule has 0 spiro atoms. The quantitative estimate of drug-likeness (QED) is 0.861. The average molecular weight is 247 g/mol. The smallest absolute Gasteiger partial charge is 0.119 e. The zero-order valence-electron chi connectivity index (χ0n) is 11.6. The number of rotatable bonds is 5. The van der Waals surface area contributed by atoms with Crippen LogP contribution in [0.15, 0.2) is 24.3 Å². The minimum absolute atomic E-state index is 0.232. The van der Waals surface area contributed by atoms with Crippen molar-refractivity contribution in [2.24, 2.45) is 11.7 Å². The van der Waals surface area contributed by atoms with Gasteiger partial charge in [0.1, 0.15) is 5.75 Å². The van der Waals surface area contributed by atoms with Gasteiger partial charge in [-0.05, 0) is 62.8 Å². The molecule has 1 saturated carbocycles. The maximum absolute atomic E-state index is 5.97. The molecule has 0 aliphatic heterocycles. The Bertz CT molecular complexity index is 352. The van der Waals surface area contributed by atoms with Gasteiger partial charge in [0.05, 0.1) is 6.10 Å². The summed E-state index contributed by atoms with van der Waals surface area (Å²) in [6.07, 6.45) is 5.65. The molecule has 18 heavy (non-hydrogen) atoms. The van der Waals surface area contributed by atoms with Gasteiger partial charge in [0.2, 0.25) is 0 Å². The van der Waals surface area contributed by atoms with E-state index in [2.05, 4.69) is 38.1 Å². The lowest BCUT2D eigenvalue weighted by Crippen LogP contribution is -2.19. The van der Waals surface area contributed by atoms with E-state index in [0.717, 1.165) is 18.2 Å². The first kappa shape index (κ1) is 13.4. The van der Waals surface area contributed by atoms with Crippen LogP contribution in [0.4, 0.5) is 0 Å². The number of nitrogens with two attached hydrogens (primary N) is 1. The SMILES string of the molecule is CC(C)Oc1ccc(C(CN)C2CCCC2)cc1. The predicted octanol–water partition coefficient (Wildman–Crippen LogP) is 3.71. The van der Waals surface area contributed by atoms with E-state index in [1.807, 2.05) is 0 Å². The van der Waals surface area contributed by atoms with Crippen molar-refractivity contribution >= 4 is 0 Å². The van der Waals surface area contributed by atoms with Gasteiger partial charge in [0, 0.05) is 0 Å². The molecule has 0 bridgehead atoms. The Labute approximate surface area is 111 Å². The van der Waals surface area contributed by atoms with E-state index in [0.29, 0.717) is 5.92 Å². The molecule has 2 rings (SSSR count). The number of ether oxygens (including phenoxy) is 1. The van der Waals surface area contributed by atoms with Crippen LogP contribution < -0.4 is 10.5 Å². The van der Waals surface area contributed by atoms with E-state index >= 15 is 0 Å². The van der Waals surface area contributed by atoms with Crippen LogP contribution in [0.25, 0.3) is 0 Å². The van der Waals surface area contributed by atoms with E-state index in [-0.39, 0.29) is 6.10 Å². The second-order valence-electron chi connectivity index (χ2n) is 5.62. The van der Waals surface area contributed by atoms with Gasteiger partial charge in [-0.2, -0.15) is 0 Å². The lowest BCUT2D eigenvalue weighted by Gasteiger charge is -2.22. The summed E-state index contributed by atoms with van der Waals surface area (Å²) in [5.74, 6) is 2.27. The van der Waals surface area contributed by atoms with Gasteiger partial charge in [-0.1, -0.05) is 25.0 Å². The third-order valence-corrected chi connectivity index (χ3v) is 3.90. The highest BCUT2D eigenvalue weighted by atomic mass is 16.5. The maximum atomic E-state index is 5.97. The van der Waals surface area contributed by atoms with Crippen molar-refractivity contribution < 1.29 is 4.74 Å². The lowest BCUT2D eigenvalue weighted by molar-refractivity contribution is 0.242. The Morgan fingerprint density at radius 2 is 1.78 bits per heavy atom. The summed E-state index contributed by atoms with van der Waals surface area (Å²) in [6.45, 7) is 4.86. The van der Waals surface area contributed by atoms with Crippen LogP contribution in [0, 0.1) is 5.92 Å². The molecule has 2 N–H and O–H groups in total. The Kier molecular flexibility index (Phi) is 4.65. The molecule has 0 aromatic heterocycles. The Balaban J connectivity index is 2.06. The summed E-state index contributed by atoms with van der Waals surface area (Å²) in [5, 5.41) is 0. The summed E-state index contributed by atoms with van der Waals surface area (Å²) in [4.78, 5) is 0. The number of hydrogen-bond donors (Lipinski definition) is 1. The van der Waals surface area contributed by atoms with Crippen LogP contribution >= 0.6 is 0 Å². The van der Waals surface area contributed by atoms with Gasteiger partial charge in [0.15, 0.2) is 0 Å². The van der Waals surface area contributed by atoms with Crippen LogP contribution in [0.1, 0.15) is 51.0 Å². The van der Waals surface area contributed by atoms with Crippen molar-refractivity contribution in [1.29, 1.82) is 0 Å². The Morgan fingerprint density at radius 1 is 1.17 bits per heavy atom. The first-order valence-electron chi connectivity index (χ1n) is 7.17. The van der Waals surface area contributed by atoms with Gasteiger partial charge in [-0.25, -0.2) is 0 Å². The molecule has 1 atom stereocenters. The van der Waals surface area contributed by atoms with Crippen molar-refractivity contribution in [2.75, 3.05) is 6.54 Å². The molecule has 2 nitrogen and oxygen atoms in total. The maximum Gasteiger partial charge on any atom is 0.119 e. The molecule has 0 saturated heterocycles. The third kappa shape index (κ3) is 3.26. The third-order valence-electron chi connectivity index (χ3n) is 3.90. The first-order valence-corrected chi connectivity index (χ1v) is 7.17. The second kappa shape index (κ2) is 6.24. The van der Waals surface area contributed by atoms with E-state index in [1.165, 1.54) is 31.2 Å².